The van der Waals surface area contributed by atoms with Crippen LogP contribution >= 0.6 is 0 Å². The SMILES string of the molecule is COc1cc(C(=O)N(C2CCCC2)C2CCCC2)ccc1Cn1cnc2ncccc21. The number of hydrogen-bond donors (Lipinski definition) is 0. The fourth-order valence-corrected chi connectivity index (χ4v) is 5.36. The molecule has 2 saturated carbocycles. The summed E-state index contributed by atoms with van der Waals surface area (Å²) in [6, 6.07) is 10.6. The highest BCUT2D eigenvalue weighted by Crippen LogP contribution is 2.33. The molecule has 0 radical (unpaired) electrons. The van der Waals surface area contributed by atoms with Gasteiger partial charge in [0, 0.05) is 29.4 Å². The molecule has 0 N–H and O–H groups in total. The van der Waals surface area contributed by atoms with Crippen LogP contribution in [-0.2, 0) is 6.54 Å². The van der Waals surface area contributed by atoms with Gasteiger partial charge in [0.15, 0.2) is 5.65 Å². The Morgan fingerprint density at radius 3 is 2.45 bits per heavy atom. The molecule has 0 unspecified atom stereocenters. The minimum absolute atomic E-state index is 0.168. The van der Waals surface area contributed by atoms with Gasteiger partial charge >= 0.3 is 0 Å². The summed E-state index contributed by atoms with van der Waals surface area (Å²) in [6.45, 7) is 0.620. The zero-order valence-electron chi connectivity index (χ0n) is 18.2. The molecule has 0 aliphatic heterocycles. The van der Waals surface area contributed by atoms with E-state index in [1.807, 2.05) is 30.3 Å². The van der Waals surface area contributed by atoms with Gasteiger partial charge in [-0.3, -0.25) is 4.79 Å². The van der Waals surface area contributed by atoms with E-state index in [4.69, 9.17) is 4.74 Å². The smallest absolute Gasteiger partial charge is 0.254 e. The van der Waals surface area contributed by atoms with E-state index >= 15 is 0 Å². The first-order valence-electron chi connectivity index (χ1n) is 11.5. The molecule has 2 heterocycles. The molecule has 5 rings (SSSR count). The predicted octanol–water partition coefficient (Wildman–Crippen LogP) is 4.82. The molecule has 2 aliphatic carbocycles. The lowest BCUT2D eigenvalue weighted by molar-refractivity contribution is 0.0580. The number of nitrogens with zero attached hydrogens (tertiary/aromatic N) is 4. The van der Waals surface area contributed by atoms with Gasteiger partial charge in [-0.2, -0.15) is 0 Å². The van der Waals surface area contributed by atoms with E-state index in [1.54, 1.807) is 19.6 Å². The molecule has 1 amide bonds. The molecule has 0 atom stereocenters. The number of aromatic nitrogens is 3. The Morgan fingerprint density at radius 1 is 1.06 bits per heavy atom. The highest BCUT2D eigenvalue weighted by Gasteiger charge is 2.34. The lowest BCUT2D eigenvalue weighted by atomic mass is 10.0. The second kappa shape index (κ2) is 8.69. The third-order valence-corrected chi connectivity index (χ3v) is 6.94. The van der Waals surface area contributed by atoms with Gasteiger partial charge in [0.25, 0.3) is 5.91 Å². The van der Waals surface area contributed by atoms with Crippen LogP contribution in [0, 0.1) is 0 Å². The van der Waals surface area contributed by atoms with Crippen molar-refractivity contribution < 1.29 is 9.53 Å². The molecule has 6 nitrogen and oxygen atoms in total. The molecule has 162 valence electrons. The first-order valence-corrected chi connectivity index (χ1v) is 11.5. The quantitative estimate of drug-likeness (QED) is 0.576. The molecule has 0 spiro atoms. The normalized spacial score (nSPS) is 17.5. The van der Waals surface area contributed by atoms with Crippen molar-refractivity contribution in [3.8, 4) is 5.75 Å². The average molecular weight is 419 g/mol. The molecule has 3 aromatic rings. The molecular formula is C25H30N4O2. The van der Waals surface area contributed by atoms with Crippen LogP contribution in [0.4, 0.5) is 0 Å². The van der Waals surface area contributed by atoms with Gasteiger partial charge in [-0.25, -0.2) is 9.97 Å². The maximum absolute atomic E-state index is 13.6. The van der Waals surface area contributed by atoms with Gasteiger partial charge in [0.2, 0.25) is 0 Å². The molecule has 2 aliphatic rings. The van der Waals surface area contributed by atoms with E-state index in [0.717, 1.165) is 53.7 Å². The number of hydrogen-bond acceptors (Lipinski definition) is 4. The number of benzene rings is 1. The Kier molecular flexibility index (Phi) is 5.62. The topological polar surface area (TPSA) is 60.2 Å². The van der Waals surface area contributed by atoms with Gasteiger partial charge in [-0.15, -0.1) is 0 Å². The highest BCUT2D eigenvalue weighted by atomic mass is 16.5. The molecule has 0 saturated heterocycles. The summed E-state index contributed by atoms with van der Waals surface area (Å²) in [4.78, 5) is 24.5. The van der Waals surface area contributed by atoms with Gasteiger partial charge in [0.1, 0.15) is 5.75 Å². The van der Waals surface area contributed by atoms with Gasteiger partial charge < -0.3 is 14.2 Å². The van der Waals surface area contributed by atoms with Crippen LogP contribution in [0.3, 0.4) is 0 Å². The van der Waals surface area contributed by atoms with Crippen molar-refractivity contribution in [2.75, 3.05) is 7.11 Å². The monoisotopic (exact) mass is 418 g/mol. The number of imidazole rings is 1. The van der Waals surface area contributed by atoms with E-state index in [0.29, 0.717) is 18.6 Å². The summed E-state index contributed by atoms with van der Waals surface area (Å²) in [5.74, 6) is 0.912. The molecule has 2 aromatic heterocycles. The molecule has 31 heavy (non-hydrogen) atoms. The van der Waals surface area contributed by atoms with Crippen molar-refractivity contribution in [2.24, 2.45) is 0 Å². The van der Waals surface area contributed by atoms with Crippen LogP contribution in [0.15, 0.2) is 42.9 Å². The van der Waals surface area contributed by atoms with Crippen LogP contribution in [0.1, 0.15) is 67.3 Å². The van der Waals surface area contributed by atoms with Gasteiger partial charge in [0.05, 0.1) is 25.5 Å². The van der Waals surface area contributed by atoms with E-state index in [-0.39, 0.29) is 5.91 Å². The largest absolute Gasteiger partial charge is 0.496 e. The van der Waals surface area contributed by atoms with Crippen molar-refractivity contribution in [3.05, 3.63) is 54.0 Å². The fraction of sp³-hybridized carbons (Fsp3) is 0.480. The van der Waals surface area contributed by atoms with E-state index in [9.17, 15) is 4.79 Å². The number of methoxy groups -OCH3 is 1. The van der Waals surface area contributed by atoms with Gasteiger partial charge in [-0.05, 0) is 49.9 Å². The average Bonchev–Trinajstić information content (AvgIpc) is 3.58. The van der Waals surface area contributed by atoms with Crippen LogP contribution < -0.4 is 4.74 Å². The van der Waals surface area contributed by atoms with Gasteiger partial charge in [-0.1, -0.05) is 31.7 Å². The molecule has 2 fully saturated rings. The fourth-order valence-electron chi connectivity index (χ4n) is 5.36. The number of carbonyl (C=O) groups excluding carboxylic acids is 1. The van der Waals surface area contributed by atoms with Crippen molar-refractivity contribution in [1.29, 1.82) is 0 Å². The van der Waals surface area contributed by atoms with E-state index in [1.165, 1.54) is 25.7 Å². The van der Waals surface area contributed by atoms with Crippen LogP contribution in [0.5, 0.6) is 5.75 Å². The van der Waals surface area contributed by atoms with Crippen molar-refractivity contribution in [2.45, 2.75) is 70.0 Å². The Bertz CT molecular complexity index is 1050. The Labute approximate surface area is 183 Å². The summed E-state index contributed by atoms with van der Waals surface area (Å²) in [5, 5.41) is 0. The third-order valence-electron chi connectivity index (χ3n) is 6.94. The van der Waals surface area contributed by atoms with Crippen LogP contribution in [0.2, 0.25) is 0 Å². The second-order valence-corrected chi connectivity index (χ2v) is 8.83. The number of rotatable bonds is 6. The molecule has 6 heteroatoms. The summed E-state index contributed by atoms with van der Waals surface area (Å²) in [5.41, 5.74) is 3.47. The maximum Gasteiger partial charge on any atom is 0.254 e. The van der Waals surface area contributed by atoms with E-state index < -0.39 is 0 Å². The molecular weight excluding hydrogens is 388 g/mol. The summed E-state index contributed by atoms with van der Waals surface area (Å²) in [6.07, 6.45) is 13.0. The summed E-state index contributed by atoms with van der Waals surface area (Å²) >= 11 is 0. The minimum Gasteiger partial charge on any atom is -0.496 e. The van der Waals surface area contributed by atoms with Crippen molar-refractivity contribution in [1.82, 2.24) is 19.4 Å². The van der Waals surface area contributed by atoms with Crippen molar-refractivity contribution >= 4 is 17.1 Å². The number of pyridine rings is 1. The summed E-state index contributed by atoms with van der Waals surface area (Å²) in [7, 11) is 1.67. The lowest BCUT2D eigenvalue weighted by Gasteiger charge is -2.35. The number of fused-ring (bicyclic) bond motifs is 1. The Hall–Kier alpha value is -2.89. The highest BCUT2D eigenvalue weighted by molar-refractivity contribution is 5.95. The lowest BCUT2D eigenvalue weighted by Crippen LogP contribution is -2.45. The number of amides is 1. The number of carbonyl (C=O) groups is 1. The zero-order chi connectivity index (χ0) is 21.2. The van der Waals surface area contributed by atoms with E-state index in [2.05, 4.69) is 19.4 Å². The maximum atomic E-state index is 13.6. The molecule has 1 aromatic carbocycles. The first-order chi connectivity index (χ1) is 15.2. The predicted molar refractivity (Wildman–Crippen MR) is 120 cm³/mol. The van der Waals surface area contributed by atoms with Crippen LogP contribution in [-0.4, -0.2) is 44.5 Å². The zero-order valence-corrected chi connectivity index (χ0v) is 18.2. The first kappa shape index (κ1) is 20.0. The standard InChI is InChI=1S/C25H30N4O2/c1-31-23-15-18(25(30)29(20-7-2-3-8-20)21-9-4-5-10-21)12-13-19(23)16-28-17-27-24-22(28)11-6-14-26-24/h6,11-15,17,20-21H,2-5,7-10,16H2,1H3. The van der Waals surface area contributed by atoms with Crippen molar-refractivity contribution in [3.63, 3.8) is 0 Å². The summed E-state index contributed by atoms with van der Waals surface area (Å²) < 4.78 is 7.77. The second-order valence-electron chi connectivity index (χ2n) is 8.83. The minimum atomic E-state index is 0.168. The Morgan fingerprint density at radius 2 is 1.77 bits per heavy atom. The number of ether oxygens (including phenoxy) is 1. The van der Waals surface area contributed by atoms with Crippen LogP contribution in [0.25, 0.3) is 11.2 Å². The Balaban J connectivity index is 1.42. The molecule has 0 bridgehead atoms. The third kappa shape index (κ3) is 3.91.